The second-order valence-electron chi connectivity index (χ2n) is 17.5. The van der Waals surface area contributed by atoms with Crippen LogP contribution in [-0.4, -0.2) is 72.1 Å². The minimum atomic E-state index is -1.36. The average Bonchev–Trinajstić information content (AvgIpc) is 2.66. The zero-order chi connectivity index (χ0) is 28.4. The SMILES string of the molecule is CC[Si](C)(C)[Si](C)(C)[Si](C)(C)[Si](C)(C)[Si](C)(C)[Si](C)(C)[Si](C)(C)[Si](C)(C)[Si](C)(C)[Si](C)(C)CC. The molecule has 0 aromatic rings. The summed E-state index contributed by atoms with van der Waals surface area (Å²) in [5.74, 6) is 0. The van der Waals surface area contributed by atoms with Crippen LogP contribution >= 0.6 is 0 Å². The number of rotatable bonds is 11. The van der Waals surface area contributed by atoms with Gasteiger partial charge in [-0.15, -0.1) is 0 Å². The third kappa shape index (κ3) is 4.73. The molecule has 0 saturated carbocycles. The summed E-state index contributed by atoms with van der Waals surface area (Å²) >= 11 is 0. The van der Waals surface area contributed by atoms with Crippen molar-refractivity contribution in [2.24, 2.45) is 0 Å². The van der Waals surface area contributed by atoms with Crippen LogP contribution in [0.2, 0.25) is 143 Å². The molecule has 0 saturated heterocycles. The van der Waals surface area contributed by atoms with Crippen molar-refractivity contribution >= 4 is 72.1 Å². The number of hydrogen-bond donors (Lipinski definition) is 0. The Bertz CT molecular complexity index is 666. The third-order valence-electron chi connectivity index (χ3n) is 16.1. The first kappa shape index (κ1) is 36.2. The van der Waals surface area contributed by atoms with Crippen molar-refractivity contribution in [2.75, 3.05) is 0 Å². The van der Waals surface area contributed by atoms with E-state index in [1.54, 1.807) is 0 Å². The van der Waals surface area contributed by atoms with Crippen LogP contribution in [-0.2, 0) is 0 Å². The fourth-order valence-corrected chi connectivity index (χ4v) is 323. The lowest BCUT2D eigenvalue weighted by Gasteiger charge is -2.67. The minimum Gasteiger partial charge on any atom is -0.0735 e. The Labute approximate surface area is 227 Å². The van der Waals surface area contributed by atoms with E-state index in [0.717, 1.165) is 0 Å². The van der Waals surface area contributed by atoms with E-state index < -0.39 is 72.1 Å². The second-order valence-corrected chi connectivity index (χ2v) is 133. The van der Waals surface area contributed by atoms with Crippen LogP contribution in [0.5, 0.6) is 0 Å². The van der Waals surface area contributed by atoms with Gasteiger partial charge < -0.3 is 0 Å². The maximum absolute atomic E-state index is 3.00. The molecule has 0 fully saturated rings. The molecule has 0 unspecified atom stereocenters. The molecule has 34 heavy (non-hydrogen) atoms. The molecule has 0 rings (SSSR count). The van der Waals surface area contributed by atoms with Gasteiger partial charge in [0.25, 0.3) is 0 Å². The summed E-state index contributed by atoms with van der Waals surface area (Å²) in [6.07, 6.45) is 0. The molecule has 10 heteroatoms. The summed E-state index contributed by atoms with van der Waals surface area (Å²) in [4.78, 5) is 0. The molecule has 0 amide bonds. The van der Waals surface area contributed by atoms with Gasteiger partial charge in [0.15, 0.2) is 0 Å². The molecule has 0 aliphatic carbocycles. The van der Waals surface area contributed by atoms with Crippen LogP contribution in [0.4, 0.5) is 0 Å². The van der Waals surface area contributed by atoms with Gasteiger partial charge in [-0.25, -0.2) is 0 Å². The highest BCUT2D eigenvalue weighted by Crippen LogP contribution is 2.48. The summed E-state index contributed by atoms with van der Waals surface area (Å²) in [5, 5.41) is 0. The molecule has 0 aliphatic rings. The molecule has 0 N–H and O–H groups in total. The minimum absolute atomic E-state index is 1.12. The summed E-state index contributed by atoms with van der Waals surface area (Å²) in [6, 6.07) is 3.01. The first-order valence-corrected chi connectivity index (χ1v) is 53.8. The zero-order valence-corrected chi connectivity index (χ0v) is 38.4. The van der Waals surface area contributed by atoms with Gasteiger partial charge in [0.2, 0.25) is 0 Å². The van der Waals surface area contributed by atoms with Crippen molar-refractivity contribution in [1.82, 2.24) is 0 Å². The van der Waals surface area contributed by atoms with Gasteiger partial charge in [-0.05, 0) is 0 Å². The van der Waals surface area contributed by atoms with Crippen molar-refractivity contribution in [3.8, 4) is 0 Å². The van der Waals surface area contributed by atoms with Gasteiger partial charge >= 0.3 is 0 Å². The Morgan fingerprint density at radius 1 is 0.235 bits per heavy atom. The standard InChI is InChI=1S/C24H70Si10/c1-23-25(3,4)27(7,8)29(11,12)31(15,16)33(19,20)34(21,22)32(17,18)30(13,14)28(9,10)26(5,6)24-2/h23-24H2,1-22H3. The molecule has 0 heterocycles. The fourth-order valence-electron chi connectivity index (χ4n) is 7.26. The van der Waals surface area contributed by atoms with Gasteiger partial charge in [0, 0.05) is 72.1 Å². The van der Waals surface area contributed by atoms with Gasteiger partial charge in [-0.1, -0.05) is 157 Å². The molecule has 0 aromatic carbocycles. The Balaban J connectivity index is 7.06. The monoisotopic (exact) mass is 638 g/mol. The Kier molecular flexibility index (Phi) is 10.6. The van der Waals surface area contributed by atoms with Crippen molar-refractivity contribution in [2.45, 2.75) is 157 Å². The average molecular weight is 640 g/mol. The van der Waals surface area contributed by atoms with Crippen LogP contribution in [0.3, 0.4) is 0 Å². The maximum atomic E-state index is 3.00. The van der Waals surface area contributed by atoms with E-state index >= 15 is 0 Å². The first-order chi connectivity index (χ1) is 14.4. The van der Waals surface area contributed by atoms with Gasteiger partial charge in [0.05, 0.1) is 0 Å². The largest absolute Gasteiger partial charge is 0.0735 e. The van der Waals surface area contributed by atoms with Crippen LogP contribution in [0.15, 0.2) is 0 Å². The number of hydrogen-bond acceptors (Lipinski definition) is 0. The molecule has 206 valence electrons. The zero-order valence-electron chi connectivity index (χ0n) is 28.4. The molecule has 0 aliphatic heterocycles. The smallest absolute Gasteiger partial charge is 0.0381 e. The molecule has 0 radical (unpaired) electrons. The highest BCUT2D eigenvalue weighted by Gasteiger charge is 2.71. The Hall–Kier alpha value is 2.17. The van der Waals surface area contributed by atoms with E-state index in [2.05, 4.69) is 145 Å². The van der Waals surface area contributed by atoms with E-state index in [-0.39, 0.29) is 0 Å². The van der Waals surface area contributed by atoms with Crippen LogP contribution in [0.1, 0.15) is 13.8 Å². The first-order valence-electron chi connectivity index (χ1n) is 14.4. The summed E-state index contributed by atoms with van der Waals surface area (Å²) in [6.45, 7) is 63.6. The molecule has 0 atom stereocenters. The highest BCUT2D eigenvalue weighted by molar-refractivity contribution is 8.07. The van der Waals surface area contributed by atoms with E-state index in [9.17, 15) is 0 Å². The topological polar surface area (TPSA) is 0 Å². The van der Waals surface area contributed by atoms with Crippen molar-refractivity contribution in [1.29, 1.82) is 0 Å². The predicted octanol–water partition coefficient (Wildman–Crippen LogP) is 9.82. The molecular weight excluding hydrogens is 569 g/mol. The Morgan fingerprint density at radius 3 is 0.471 bits per heavy atom. The lowest BCUT2D eigenvalue weighted by molar-refractivity contribution is 1.39. The van der Waals surface area contributed by atoms with Crippen LogP contribution < -0.4 is 0 Å². The van der Waals surface area contributed by atoms with Gasteiger partial charge in [-0.2, -0.15) is 0 Å². The predicted molar refractivity (Wildman–Crippen MR) is 196 cm³/mol. The van der Waals surface area contributed by atoms with Crippen molar-refractivity contribution < 1.29 is 0 Å². The Morgan fingerprint density at radius 2 is 0.353 bits per heavy atom. The fraction of sp³-hybridized carbons (Fsp3) is 1.00. The van der Waals surface area contributed by atoms with E-state index in [1.165, 1.54) is 12.1 Å². The van der Waals surface area contributed by atoms with E-state index in [4.69, 9.17) is 0 Å². The van der Waals surface area contributed by atoms with Crippen LogP contribution in [0, 0.1) is 0 Å². The quantitative estimate of drug-likeness (QED) is 0.198. The lowest BCUT2D eigenvalue weighted by atomic mass is 11.0. The highest BCUT2D eigenvalue weighted by atomic mass is 30.1. The summed E-state index contributed by atoms with van der Waals surface area (Å²) < 4.78 is 0. The maximum Gasteiger partial charge on any atom is 0.0381 e. The third-order valence-corrected chi connectivity index (χ3v) is 243. The molecule has 0 bridgehead atoms. The van der Waals surface area contributed by atoms with Crippen LogP contribution in [0.25, 0.3) is 0 Å². The van der Waals surface area contributed by atoms with Crippen molar-refractivity contribution in [3.63, 3.8) is 0 Å². The second kappa shape index (κ2) is 9.97. The molecular formula is C24H70Si10. The lowest BCUT2D eigenvalue weighted by Crippen LogP contribution is -2.94. The van der Waals surface area contributed by atoms with E-state index in [0.29, 0.717) is 0 Å². The van der Waals surface area contributed by atoms with Crippen molar-refractivity contribution in [3.05, 3.63) is 0 Å². The van der Waals surface area contributed by atoms with Gasteiger partial charge in [-0.3, -0.25) is 0 Å². The summed E-state index contributed by atoms with van der Waals surface area (Å²) in [5.41, 5.74) is 0. The van der Waals surface area contributed by atoms with Gasteiger partial charge in [0.1, 0.15) is 0 Å². The van der Waals surface area contributed by atoms with E-state index in [1.807, 2.05) is 0 Å². The molecule has 0 nitrogen and oxygen atoms in total. The normalized spacial score (nSPS) is 16.8. The summed E-state index contributed by atoms with van der Waals surface area (Å²) in [7, 11) is -12.7. The molecule has 0 aromatic heterocycles. The molecule has 0 spiro atoms.